The third kappa shape index (κ3) is 4.67. The maximum atomic E-state index is 12.9. The van der Waals surface area contributed by atoms with Crippen molar-refractivity contribution in [3.8, 4) is 34.1 Å². The molecule has 0 fully saturated rings. The number of hydrogen-bond donors (Lipinski definition) is 4. The summed E-state index contributed by atoms with van der Waals surface area (Å²) in [4.78, 5) is 24.2. The van der Waals surface area contributed by atoms with Gasteiger partial charge in [0.05, 0.1) is 17.7 Å². The highest BCUT2D eigenvalue weighted by atomic mass is 16.5. The summed E-state index contributed by atoms with van der Waals surface area (Å²) in [6.07, 6.45) is 1.41. The molecule has 3 rings (SSSR count). The molecule has 0 aromatic heterocycles. The molecule has 3 aromatic carbocycles. The number of hydrogen-bond acceptors (Lipinski definition) is 7. The number of rotatable bonds is 7. The number of esters is 1. The van der Waals surface area contributed by atoms with E-state index in [2.05, 4.69) is 6.58 Å². The van der Waals surface area contributed by atoms with Gasteiger partial charge in [0.2, 0.25) is 0 Å². The molecule has 7 heteroatoms. The van der Waals surface area contributed by atoms with E-state index in [-0.39, 0.29) is 34.8 Å². The first-order chi connectivity index (χ1) is 14.8. The molecule has 158 valence electrons. The van der Waals surface area contributed by atoms with Crippen LogP contribution in [0.25, 0.3) is 11.1 Å². The zero-order chi connectivity index (χ0) is 22.5. The van der Waals surface area contributed by atoms with Gasteiger partial charge in [0.25, 0.3) is 0 Å². The third-order valence-electron chi connectivity index (χ3n) is 4.67. The predicted octanol–water partition coefficient (Wildman–Crippen LogP) is 3.68. The minimum atomic E-state index is -0.686. The average molecular weight is 420 g/mol. The molecule has 0 bridgehead atoms. The summed E-state index contributed by atoms with van der Waals surface area (Å²) >= 11 is 0. The molecule has 4 N–H and O–H groups in total. The second kappa shape index (κ2) is 9.04. The molecule has 0 spiro atoms. The Morgan fingerprint density at radius 3 is 2.26 bits per heavy atom. The van der Waals surface area contributed by atoms with Gasteiger partial charge >= 0.3 is 5.97 Å². The molecule has 0 amide bonds. The molecule has 31 heavy (non-hydrogen) atoms. The number of carbonyl (C=O) groups is 2. The van der Waals surface area contributed by atoms with Crippen molar-refractivity contribution in [2.24, 2.45) is 0 Å². The first-order valence-electron chi connectivity index (χ1n) is 9.32. The fourth-order valence-electron chi connectivity index (χ4n) is 3.15. The van der Waals surface area contributed by atoms with Crippen molar-refractivity contribution in [1.29, 1.82) is 0 Å². The van der Waals surface area contributed by atoms with Crippen molar-refractivity contribution >= 4 is 11.8 Å². The number of ketones is 1. The SMILES string of the molecule is C=CC(=O)OCCc1ccccc1-c1cc(C(=O)c2ccc(O)cc2O)c(O)cc1O. The van der Waals surface area contributed by atoms with E-state index in [9.17, 15) is 30.0 Å². The molecule has 0 unspecified atom stereocenters. The van der Waals surface area contributed by atoms with Crippen LogP contribution < -0.4 is 0 Å². The number of ether oxygens (including phenoxy) is 1. The van der Waals surface area contributed by atoms with Crippen LogP contribution in [0.4, 0.5) is 0 Å². The van der Waals surface area contributed by atoms with Crippen molar-refractivity contribution < 1.29 is 34.8 Å². The maximum absolute atomic E-state index is 12.9. The standard InChI is InChI=1S/C24H20O7/c1-2-23(29)31-10-9-14-5-3-4-6-16(14)18-12-19(22(28)13-21(18)27)24(30)17-8-7-15(25)11-20(17)26/h2-8,11-13,25-28H,1,9-10H2. The Hall–Kier alpha value is -4.26. The molecule has 0 heterocycles. The summed E-state index contributed by atoms with van der Waals surface area (Å²) in [5.74, 6) is -2.60. The van der Waals surface area contributed by atoms with Crippen molar-refractivity contribution in [2.45, 2.75) is 6.42 Å². The zero-order valence-corrected chi connectivity index (χ0v) is 16.4. The van der Waals surface area contributed by atoms with E-state index in [1.807, 2.05) is 0 Å². The van der Waals surface area contributed by atoms with Crippen LogP contribution in [0.15, 0.2) is 67.3 Å². The smallest absolute Gasteiger partial charge is 0.330 e. The Bertz CT molecular complexity index is 1160. The van der Waals surface area contributed by atoms with Gasteiger partial charge in [-0.1, -0.05) is 30.8 Å². The van der Waals surface area contributed by atoms with Crippen LogP contribution in [0.5, 0.6) is 23.0 Å². The highest BCUT2D eigenvalue weighted by molar-refractivity contribution is 6.13. The molecular weight excluding hydrogens is 400 g/mol. The number of phenols is 4. The lowest BCUT2D eigenvalue weighted by Crippen LogP contribution is -2.06. The lowest BCUT2D eigenvalue weighted by atomic mass is 9.93. The van der Waals surface area contributed by atoms with Crippen LogP contribution in [0.3, 0.4) is 0 Å². The largest absolute Gasteiger partial charge is 0.508 e. The molecule has 0 atom stereocenters. The normalized spacial score (nSPS) is 10.5. The Morgan fingerprint density at radius 2 is 1.55 bits per heavy atom. The third-order valence-corrected chi connectivity index (χ3v) is 4.67. The van der Waals surface area contributed by atoms with Crippen LogP contribution in [0.1, 0.15) is 21.5 Å². The summed E-state index contributed by atoms with van der Waals surface area (Å²) < 4.78 is 5.02. The summed E-state index contributed by atoms with van der Waals surface area (Å²) in [5, 5.41) is 40.1. The minimum Gasteiger partial charge on any atom is -0.508 e. The van der Waals surface area contributed by atoms with Crippen molar-refractivity contribution in [1.82, 2.24) is 0 Å². The van der Waals surface area contributed by atoms with Gasteiger partial charge in [-0.25, -0.2) is 4.79 Å². The molecule has 0 aliphatic carbocycles. The molecule has 0 saturated heterocycles. The molecule has 0 aliphatic rings. The quantitative estimate of drug-likeness (QED) is 0.261. The van der Waals surface area contributed by atoms with Gasteiger partial charge in [0.1, 0.15) is 23.0 Å². The first-order valence-corrected chi connectivity index (χ1v) is 9.32. The van der Waals surface area contributed by atoms with Gasteiger partial charge in [0, 0.05) is 30.2 Å². The summed E-state index contributed by atoms with van der Waals surface area (Å²) in [7, 11) is 0. The monoisotopic (exact) mass is 420 g/mol. The second-order valence-electron chi connectivity index (χ2n) is 6.70. The van der Waals surface area contributed by atoms with Gasteiger partial charge in [-0.2, -0.15) is 0 Å². The predicted molar refractivity (Wildman–Crippen MR) is 113 cm³/mol. The fraction of sp³-hybridized carbons (Fsp3) is 0.0833. The topological polar surface area (TPSA) is 124 Å². The fourth-order valence-corrected chi connectivity index (χ4v) is 3.15. The number of aromatic hydroxyl groups is 4. The van der Waals surface area contributed by atoms with Gasteiger partial charge < -0.3 is 25.2 Å². The van der Waals surface area contributed by atoms with Gasteiger partial charge in [0.15, 0.2) is 5.78 Å². The highest BCUT2D eigenvalue weighted by Gasteiger charge is 2.21. The number of carbonyl (C=O) groups excluding carboxylic acids is 2. The Morgan fingerprint density at radius 1 is 0.839 bits per heavy atom. The number of benzene rings is 3. The maximum Gasteiger partial charge on any atom is 0.330 e. The van der Waals surface area contributed by atoms with Crippen LogP contribution in [-0.4, -0.2) is 38.8 Å². The molecule has 0 saturated carbocycles. The molecular formula is C24H20O7. The van der Waals surface area contributed by atoms with E-state index < -0.39 is 23.3 Å². The lowest BCUT2D eigenvalue weighted by molar-refractivity contribution is -0.137. The van der Waals surface area contributed by atoms with Crippen LogP contribution >= 0.6 is 0 Å². The van der Waals surface area contributed by atoms with Gasteiger partial charge in [-0.15, -0.1) is 0 Å². The van der Waals surface area contributed by atoms with E-state index in [4.69, 9.17) is 4.74 Å². The minimum absolute atomic E-state index is 0.0912. The van der Waals surface area contributed by atoms with E-state index >= 15 is 0 Å². The van der Waals surface area contributed by atoms with Crippen LogP contribution in [0, 0.1) is 0 Å². The molecule has 3 aromatic rings. The Balaban J connectivity index is 2.01. The second-order valence-corrected chi connectivity index (χ2v) is 6.70. The zero-order valence-electron chi connectivity index (χ0n) is 16.4. The van der Waals surface area contributed by atoms with Crippen LogP contribution in [-0.2, 0) is 16.0 Å². The average Bonchev–Trinajstić information content (AvgIpc) is 2.74. The van der Waals surface area contributed by atoms with Gasteiger partial charge in [-0.3, -0.25) is 4.79 Å². The summed E-state index contributed by atoms with van der Waals surface area (Å²) in [5.41, 5.74) is 1.35. The van der Waals surface area contributed by atoms with Crippen molar-refractivity contribution in [3.63, 3.8) is 0 Å². The first kappa shape index (κ1) is 21.4. The van der Waals surface area contributed by atoms with Crippen molar-refractivity contribution in [3.05, 3.63) is 83.9 Å². The molecule has 0 radical (unpaired) electrons. The molecule has 0 aliphatic heterocycles. The van der Waals surface area contributed by atoms with Gasteiger partial charge in [-0.05, 0) is 29.3 Å². The Labute approximate surface area is 178 Å². The Kier molecular flexibility index (Phi) is 6.26. The van der Waals surface area contributed by atoms with E-state index in [0.717, 1.165) is 23.8 Å². The highest BCUT2D eigenvalue weighted by Crippen LogP contribution is 2.38. The van der Waals surface area contributed by atoms with Crippen LogP contribution in [0.2, 0.25) is 0 Å². The summed E-state index contributed by atoms with van der Waals surface area (Å²) in [6.45, 7) is 3.43. The van der Waals surface area contributed by atoms with E-state index in [0.29, 0.717) is 12.0 Å². The van der Waals surface area contributed by atoms with E-state index in [1.165, 1.54) is 18.2 Å². The number of phenolic OH excluding ortho intramolecular Hbond substituents is 4. The molecule has 7 nitrogen and oxygen atoms in total. The van der Waals surface area contributed by atoms with Crippen molar-refractivity contribution in [2.75, 3.05) is 6.61 Å². The lowest BCUT2D eigenvalue weighted by Gasteiger charge is -2.14. The van der Waals surface area contributed by atoms with E-state index in [1.54, 1.807) is 24.3 Å². The summed E-state index contributed by atoms with van der Waals surface area (Å²) in [6, 6.07) is 12.9.